The number of pyridine rings is 2. The zero-order chi connectivity index (χ0) is 17.2. The summed E-state index contributed by atoms with van der Waals surface area (Å²) in [4.78, 5) is 32.4. The van der Waals surface area contributed by atoms with Gasteiger partial charge in [0.25, 0.3) is 0 Å². The van der Waals surface area contributed by atoms with Crippen LogP contribution in [-0.4, -0.2) is 36.1 Å². The van der Waals surface area contributed by atoms with Gasteiger partial charge in [-0.2, -0.15) is 0 Å². The van der Waals surface area contributed by atoms with Crippen LogP contribution in [0.4, 0.5) is 5.69 Å². The first-order chi connectivity index (χ1) is 11.0. The number of carbonyl (C=O) groups is 2. The minimum Gasteiger partial charge on any atom is -0.465 e. The van der Waals surface area contributed by atoms with Crippen molar-refractivity contribution in [2.75, 3.05) is 14.2 Å². The summed E-state index contributed by atoms with van der Waals surface area (Å²) in [5.41, 5.74) is 1.07. The van der Waals surface area contributed by atoms with Crippen LogP contribution < -0.4 is 0 Å². The molecular weight excluding hydrogens is 366 g/mol. The number of esters is 2. The van der Waals surface area contributed by atoms with Crippen LogP contribution in [0.25, 0.3) is 4.85 Å². The minimum absolute atomic E-state index is 0.297. The summed E-state index contributed by atoms with van der Waals surface area (Å²) < 4.78 is 9.71. The monoisotopic (exact) mass is 377 g/mol. The molecule has 2 aromatic rings. The van der Waals surface area contributed by atoms with Crippen LogP contribution >= 0.6 is 15.9 Å². The molecule has 2 heterocycles. The van der Waals surface area contributed by atoms with Gasteiger partial charge in [0.05, 0.1) is 31.9 Å². The lowest BCUT2D eigenvalue weighted by Gasteiger charge is -1.97. The molecule has 0 spiro atoms. The van der Waals surface area contributed by atoms with Gasteiger partial charge < -0.3 is 9.47 Å². The SMILES string of the molecule is COC(=O)c1cncc(Br)c1.[C-]#[N+]c1cncc(C(=O)OC)c1. The summed E-state index contributed by atoms with van der Waals surface area (Å²) in [7, 11) is 2.62. The lowest BCUT2D eigenvalue weighted by atomic mass is 10.3. The molecule has 0 aromatic carbocycles. The van der Waals surface area contributed by atoms with Crippen LogP contribution in [0, 0.1) is 6.57 Å². The topological polar surface area (TPSA) is 82.7 Å². The molecule has 0 fully saturated rings. The van der Waals surface area contributed by atoms with E-state index in [1.54, 1.807) is 12.3 Å². The van der Waals surface area contributed by atoms with E-state index in [4.69, 9.17) is 6.57 Å². The molecule has 0 bridgehead atoms. The number of carbonyl (C=O) groups excluding carboxylic acids is 2. The van der Waals surface area contributed by atoms with E-state index >= 15 is 0 Å². The van der Waals surface area contributed by atoms with Crippen molar-refractivity contribution in [1.29, 1.82) is 0 Å². The van der Waals surface area contributed by atoms with Crippen LogP contribution in [0.5, 0.6) is 0 Å². The van der Waals surface area contributed by atoms with E-state index in [0.29, 0.717) is 16.8 Å². The Bertz CT molecular complexity index is 743. The van der Waals surface area contributed by atoms with Gasteiger partial charge in [-0.25, -0.2) is 14.4 Å². The van der Waals surface area contributed by atoms with E-state index in [1.165, 1.54) is 38.9 Å². The Kier molecular flexibility index (Phi) is 7.36. The molecule has 0 saturated heterocycles. The zero-order valence-electron chi connectivity index (χ0n) is 12.3. The molecule has 0 aliphatic heterocycles. The largest absolute Gasteiger partial charge is 0.465 e. The van der Waals surface area contributed by atoms with Crippen molar-refractivity contribution in [2.24, 2.45) is 0 Å². The Labute approximate surface area is 141 Å². The first kappa shape index (κ1) is 18.3. The lowest BCUT2D eigenvalue weighted by molar-refractivity contribution is 0.0591. The summed E-state index contributed by atoms with van der Waals surface area (Å²) in [6.07, 6.45) is 5.81. The molecule has 7 nitrogen and oxygen atoms in total. The second-order valence-corrected chi connectivity index (χ2v) is 4.83. The summed E-state index contributed by atoms with van der Waals surface area (Å²) in [5.74, 6) is -0.855. The van der Waals surface area contributed by atoms with Gasteiger partial charge in [-0.1, -0.05) is 0 Å². The lowest BCUT2D eigenvalue weighted by Crippen LogP contribution is -2.01. The van der Waals surface area contributed by atoms with Crippen LogP contribution in [-0.2, 0) is 9.47 Å². The normalized spacial score (nSPS) is 8.96. The van der Waals surface area contributed by atoms with Gasteiger partial charge in [-0.15, -0.1) is 0 Å². The zero-order valence-corrected chi connectivity index (χ0v) is 13.9. The van der Waals surface area contributed by atoms with Gasteiger partial charge in [0, 0.05) is 29.3 Å². The highest BCUT2D eigenvalue weighted by atomic mass is 79.9. The summed E-state index contributed by atoms with van der Waals surface area (Å²) in [6.45, 7) is 6.67. The molecule has 0 atom stereocenters. The second-order valence-electron chi connectivity index (χ2n) is 3.92. The van der Waals surface area contributed by atoms with Gasteiger partial charge >= 0.3 is 11.9 Å². The smallest absolute Gasteiger partial charge is 0.339 e. The summed E-state index contributed by atoms with van der Waals surface area (Å²) >= 11 is 3.19. The first-order valence-corrected chi connectivity index (χ1v) is 6.90. The Hall–Kier alpha value is -2.79. The Morgan fingerprint density at radius 1 is 1.00 bits per heavy atom. The number of halogens is 1. The Morgan fingerprint density at radius 2 is 1.52 bits per heavy atom. The standard InChI is InChI=1S/C8H6N2O2.C7H6BrNO2/c1-9-7-3-6(4-10-5-7)8(11)12-2;1-11-7(10)5-2-6(8)4-9-3-5/h3-5H,2H3;2-4H,1H3. The highest BCUT2D eigenvalue weighted by molar-refractivity contribution is 9.10. The average molecular weight is 378 g/mol. The first-order valence-electron chi connectivity index (χ1n) is 6.11. The number of rotatable bonds is 2. The minimum atomic E-state index is -0.479. The third-order valence-corrected chi connectivity index (χ3v) is 2.83. The molecule has 0 aliphatic rings. The molecule has 23 heavy (non-hydrogen) atoms. The summed E-state index contributed by atoms with van der Waals surface area (Å²) in [6, 6.07) is 3.09. The highest BCUT2D eigenvalue weighted by Crippen LogP contribution is 2.12. The predicted octanol–water partition coefficient (Wildman–Crippen LogP) is 3.05. The Balaban J connectivity index is 0.000000231. The molecule has 2 aromatic heterocycles. The maximum absolute atomic E-state index is 10.9. The van der Waals surface area contributed by atoms with Crippen molar-refractivity contribution < 1.29 is 19.1 Å². The maximum Gasteiger partial charge on any atom is 0.339 e. The van der Waals surface area contributed by atoms with E-state index < -0.39 is 5.97 Å². The quantitative estimate of drug-likeness (QED) is 0.590. The maximum atomic E-state index is 10.9. The van der Waals surface area contributed by atoms with Crippen molar-refractivity contribution in [3.63, 3.8) is 0 Å². The number of aromatic nitrogens is 2. The van der Waals surface area contributed by atoms with Crippen molar-refractivity contribution in [3.8, 4) is 0 Å². The van der Waals surface area contributed by atoms with Gasteiger partial charge in [-0.05, 0) is 28.1 Å². The Morgan fingerprint density at radius 3 is 2.00 bits per heavy atom. The van der Waals surface area contributed by atoms with Crippen molar-refractivity contribution in [2.45, 2.75) is 0 Å². The van der Waals surface area contributed by atoms with Gasteiger partial charge in [-0.3, -0.25) is 9.97 Å². The number of methoxy groups -OCH3 is 2. The fraction of sp³-hybridized carbons (Fsp3) is 0.133. The molecular formula is C15H12BrN3O4. The molecule has 0 unspecified atom stereocenters. The van der Waals surface area contributed by atoms with Crippen molar-refractivity contribution in [3.05, 3.63) is 63.9 Å². The molecule has 0 saturated carbocycles. The fourth-order valence-electron chi connectivity index (χ4n) is 1.36. The molecule has 0 amide bonds. The predicted molar refractivity (Wildman–Crippen MR) is 85.1 cm³/mol. The second kappa shape index (κ2) is 9.27. The van der Waals surface area contributed by atoms with Gasteiger partial charge in [0.1, 0.15) is 0 Å². The number of hydrogen-bond acceptors (Lipinski definition) is 6. The molecule has 8 heteroatoms. The molecule has 2 rings (SSSR count). The van der Waals surface area contributed by atoms with E-state index in [-0.39, 0.29) is 5.97 Å². The molecule has 118 valence electrons. The van der Waals surface area contributed by atoms with E-state index in [2.05, 4.69) is 40.2 Å². The van der Waals surface area contributed by atoms with E-state index in [0.717, 1.165) is 4.47 Å². The van der Waals surface area contributed by atoms with Gasteiger partial charge in [0.2, 0.25) is 5.69 Å². The van der Waals surface area contributed by atoms with Crippen LogP contribution in [0.3, 0.4) is 0 Å². The third kappa shape index (κ3) is 5.84. The van der Waals surface area contributed by atoms with Crippen LogP contribution in [0.1, 0.15) is 20.7 Å². The van der Waals surface area contributed by atoms with Crippen LogP contribution in [0.2, 0.25) is 0 Å². The number of nitrogens with zero attached hydrogens (tertiary/aromatic N) is 3. The van der Waals surface area contributed by atoms with Crippen molar-refractivity contribution >= 4 is 33.6 Å². The third-order valence-electron chi connectivity index (χ3n) is 2.40. The van der Waals surface area contributed by atoms with Gasteiger partial charge in [0.15, 0.2) is 0 Å². The van der Waals surface area contributed by atoms with E-state index in [1.807, 2.05) is 0 Å². The highest BCUT2D eigenvalue weighted by Gasteiger charge is 2.05. The fourth-order valence-corrected chi connectivity index (χ4v) is 1.72. The average Bonchev–Trinajstić information content (AvgIpc) is 2.60. The molecule has 0 N–H and O–H groups in total. The van der Waals surface area contributed by atoms with Crippen molar-refractivity contribution in [1.82, 2.24) is 9.97 Å². The number of ether oxygens (including phenoxy) is 2. The molecule has 0 aliphatic carbocycles. The van der Waals surface area contributed by atoms with Crippen LogP contribution in [0.15, 0.2) is 41.4 Å². The summed E-state index contributed by atoms with van der Waals surface area (Å²) in [5, 5.41) is 0. The van der Waals surface area contributed by atoms with E-state index in [9.17, 15) is 9.59 Å². The number of hydrogen-bond donors (Lipinski definition) is 0. The molecule has 0 radical (unpaired) electrons.